The largest absolute Gasteiger partial charge is 0.462 e. The summed E-state index contributed by atoms with van der Waals surface area (Å²) < 4.78 is 25.1. The van der Waals surface area contributed by atoms with Crippen LogP contribution in [0.15, 0.2) is 60.4 Å². The lowest BCUT2D eigenvalue weighted by atomic mass is 10.0. The van der Waals surface area contributed by atoms with Gasteiger partial charge in [-0.25, -0.2) is 9.18 Å². The number of aromatic amines is 1. The summed E-state index contributed by atoms with van der Waals surface area (Å²) in [5, 5.41) is 3.95. The highest BCUT2D eigenvalue weighted by atomic mass is 19.1. The Labute approximate surface area is 191 Å². The second-order valence-corrected chi connectivity index (χ2v) is 7.73. The van der Waals surface area contributed by atoms with Gasteiger partial charge in [-0.2, -0.15) is 0 Å². The number of aromatic nitrogens is 1. The third-order valence-corrected chi connectivity index (χ3v) is 5.46. The van der Waals surface area contributed by atoms with Crippen molar-refractivity contribution in [2.45, 2.75) is 13.5 Å². The molecule has 3 aromatic rings. The lowest BCUT2D eigenvalue weighted by Crippen LogP contribution is -2.35. The second kappa shape index (κ2) is 10.4. The fourth-order valence-electron chi connectivity index (χ4n) is 3.73. The van der Waals surface area contributed by atoms with Crippen LogP contribution in [0.2, 0.25) is 0 Å². The minimum atomic E-state index is -0.810. The van der Waals surface area contributed by atoms with Gasteiger partial charge in [0.15, 0.2) is 0 Å². The van der Waals surface area contributed by atoms with Crippen LogP contribution in [0, 0.1) is 5.82 Å². The van der Waals surface area contributed by atoms with Gasteiger partial charge >= 0.3 is 5.97 Å². The van der Waals surface area contributed by atoms with Gasteiger partial charge < -0.3 is 19.8 Å². The van der Waals surface area contributed by atoms with E-state index in [2.05, 4.69) is 15.2 Å². The molecule has 8 heteroatoms. The van der Waals surface area contributed by atoms with E-state index in [1.807, 2.05) is 30.5 Å². The molecule has 2 aromatic carbocycles. The first-order valence-corrected chi connectivity index (χ1v) is 10.9. The van der Waals surface area contributed by atoms with Gasteiger partial charge in [0.25, 0.3) is 0 Å². The fourth-order valence-corrected chi connectivity index (χ4v) is 3.73. The van der Waals surface area contributed by atoms with E-state index in [0.29, 0.717) is 25.4 Å². The van der Waals surface area contributed by atoms with Gasteiger partial charge in [0.05, 0.1) is 25.4 Å². The average molecular weight is 451 g/mol. The number of nitrogens with zero attached hydrogens (tertiary/aromatic N) is 1. The third-order valence-electron chi connectivity index (χ3n) is 5.46. The van der Waals surface area contributed by atoms with E-state index in [1.54, 1.807) is 13.0 Å². The van der Waals surface area contributed by atoms with Crippen LogP contribution in [0.3, 0.4) is 0 Å². The number of morpholine rings is 1. The summed E-state index contributed by atoms with van der Waals surface area (Å²) in [5.41, 5.74) is 2.00. The molecular weight excluding hydrogens is 425 g/mol. The Balaban J connectivity index is 1.59. The molecule has 1 aliphatic rings. The van der Waals surface area contributed by atoms with E-state index in [-0.39, 0.29) is 17.7 Å². The van der Waals surface area contributed by atoms with Crippen molar-refractivity contribution < 1.29 is 23.5 Å². The summed E-state index contributed by atoms with van der Waals surface area (Å²) in [6.07, 6.45) is 3.10. The zero-order valence-electron chi connectivity index (χ0n) is 18.4. The number of carbonyl (C=O) groups is 2. The molecule has 0 spiro atoms. The van der Waals surface area contributed by atoms with Crippen molar-refractivity contribution >= 4 is 28.3 Å². The fraction of sp³-hybridized carbons (Fsp3) is 0.280. The standard InChI is InChI=1S/C25H26FN3O4/c1-2-33-25(31)21(15-28-19-4-6-23-18(14-19)7-8-27-23)24(30)20-13-17(3-5-22(20)26)16-29-9-11-32-12-10-29/h3-8,13-15,27-28H,2,9-12,16H2,1H3. The van der Waals surface area contributed by atoms with E-state index in [4.69, 9.17) is 9.47 Å². The van der Waals surface area contributed by atoms with Crippen LogP contribution in [0.1, 0.15) is 22.8 Å². The van der Waals surface area contributed by atoms with Crippen LogP contribution in [-0.4, -0.2) is 54.5 Å². The van der Waals surface area contributed by atoms with Crippen LogP contribution >= 0.6 is 0 Å². The number of Topliss-reactive ketones (excluding diaryl/α,β-unsaturated/α-hetero) is 1. The number of halogens is 1. The number of hydrogen-bond donors (Lipinski definition) is 2. The van der Waals surface area contributed by atoms with Crippen molar-refractivity contribution in [3.63, 3.8) is 0 Å². The Morgan fingerprint density at radius 3 is 2.79 bits per heavy atom. The first-order chi connectivity index (χ1) is 16.0. The molecule has 2 N–H and O–H groups in total. The molecule has 0 radical (unpaired) electrons. The smallest absolute Gasteiger partial charge is 0.343 e. The van der Waals surface area contributed by atoms with Crippen LogP contribution in [0.4, 0.5) is 10.1 Å². The summed E-state index contributed by atoms with van der Waals surface area (Å²) in [5.74, 6) is -2.23. The average Bonchev–Trinajstić information content (AvgIpc) is 3.29. The maximum atomic E-state index is 14.7. The maximum Gasteiger partial charge on any atom is 0.343 e. The van der Waals surface area contributed by atoms with E-state index in [1.165, 1.54) is 18.3 Å². The molecule has 0 bridgehead atoms. The predicted octanol–water partition coefficient (Wildman–Crippen LogP) is 3.88. The van der Waals surface area contributed by atoms with Crippen LogP contribution < -0.4 is 5.32 Å². The molecule has 0 saturated carbocycles. The van der Waals surface area contributed by atoms with E-state index >= 15 is 0 Å². The van der Waals surface area contributed by atoms with Crippen molar-refractivity contribution in [3.8, 4) is 0 Å². The molecule has 7 nitrogen and oxygen atoms in total. The number of fused-ring (bicyclic) bond motifs is 1. The Hall–Kier alpha value is -3.49. The number of H-pyrrole nitrogens is 1. The van der Waals surface area contributed by atoms with Crippen molar-refractivity contribution in [2.75, 3.05) is 38.2 Å². The number of benzene rings is 2. The normalized spacial score (nSPS) is 14.9. The van der Waals surface area contributed by atoms with Gasteiger partial charge in [-0.15, -0.1) is 0 Å². The van der Waals surface area contributed by atoms with E-state index in [9.17, 15) is 14.0 Å². The molecule has 1 aromatic heterocycles. The topological polar surface area (TPSA) is 83.7 Å². The van der Waals surface area contributed by atoms with Crippen LogP contribution in [0.5, 0.6) is 0 Å². The first kappa shape index (κ1) is 22.7. The Morgan fingerprint density at radius 1 is 1.18 bits per heavy atom. The van der Waals surface area contributed by atoms with Crippen LogP contribution in [-0.2, 0) is 20.8 Å². The molecule has 1 aliphatic heterocycles. The summed E-state index contributed by atoms with van der Waals surface area (Å²) >= 11 is 0. The number of anilines is 1. The van der Waals surface area contributed by atoms with Gasteiger partial charge in [-0.1, -0.05) is 6.07 Å². The number of nitrogens with one attached hydrogen (secondary N) is 2. The highest BCUT2D eigenvalue weighted by Crippen LogP contribution is 2.21. The van der Waals surface area contributed by atoms with Crippen molar-refractivity contribution in [2.24, 2.45) is 0 Å². The minimum absolute atomic E-state index is 0.0956. The first-order valence-electron chi connectivity index (χ1n) is 10.9. The van der Waals surface area contributed by atoms with Gasteiger partial charge in [0, 0.05) is 48.6 Å². The number of esters is 1. The summed E-state index contributed by atoms with van der Waals surface area (Å²) in [6.45, 7) is 5.13. The number of carbonyl (C=O) groups excluding carboxylic acids is 2. The molecule has 1 fully saturated rings. The highest BCUT2D eigenvalue weighted by Gasteiger charge is 2.24. The molecule has 4 rings (SSSR count). The molecule has 33 heavy (non-hydrogen) atoms. The molecular formula is C25H26FN3O4. The van der Waals surface area contributed by atoms with E-state index < -0.39 is 17.6 Å². The number of hydrogen-bond acceptors (Lipinski definition) is 6. The number of ketones is 1. The summed E-state index contributed by atoms with van der Waals surface area (Å²) in [7, 11) is 0. The molecule has 1 saturated heterocycles. The Kier molecular flexibility index (Phi) is 7.16. The van der Waals surface area contributed by atoms with Crippen molar-refractivity contribution in [1.82, 2.24) is 9.88 Å². The maximum absolute atomic E-state index is 14.7. The number of ether oxygens (including phenoxy) is 2. The van der Waals surface area contributed by atoms with E-state index in [0.717, 1.165) is 29.6 Å². The summed E-state index contributed by atoms with van der Waals surface area (Å²) in [4.78, 5) is 31.1. The molecule has 0 amide bonds. The van der Waals surface area contributed by atoms with Crippen molar-refractivity contribution in [3.05, 3.63) is 77.4 Å². The SMILES string of the molecule is CCOC(=O)C(=CNc1ccc2[nH]ccc2c1)C(=O)c1cc(CN2CCOCC2)ccc1F. The van der Waals surface area contributed by atoms with Crippen LogP contribution in [0.25, 0.3) is 10.9 Å². The molecule has 0 unspecified atom stereocenters. The lowest BCUT2D eigenvalue weighted by Gasteiger charge is -2.26. The second-order valence-electron chi connectivity index (χ2n) is 7.73. The molecule has 0 atom stereocenters. The summed E-state index contributed by atoms with van der Waals surface area (Å²) in [6, 6.07) is 11.9. The highest BCUT2D eigenvalue weighted by molar-refractivity contribution is 6.24. The third kappa shape index (κ3) is 5.47. The Morgan fingerprint density at radius 2 is 2.00 bits per heavy atom. The van der Waals surface area contributed by atoms with Gasteiger partial charge in [-0.05, 0) is 48.9 Å². The number of rotatable bonds is 8. The zero-order valence-corrected chi connectivity index (χ0v) is 18.4. The van der Waals surface area contributed by atoms with Gasteiger partial charge in [0.2, 0.25) is 5.78 Å². The molecule has 2 heterocycles. The molecule has 172 valence electrons. The monoisotopic (exact) mass is 451 g/mol. The van der Waals surface area contributed by atoms with Gasteiger partial charge in [-0.3, -0.25) is 9.69 Å². The minimum Gasteiger partial charge on any atom is -0.462 e. The predicted molar refractivity (Wildman–Crippen MR) is 123 cm³/mol. The van der Waals surface area contributed by atoms with Gasteiger partial charge in [0.1, 0.15) is 11.4 Å². The lowest BCUT2D eigenvalue weighted by molar-refractivity contribution is -0.138. The zero-order chi connectivity index (χ0) is 23.2. The Bertz CT molecular complexity index is 1180. The van der Waals surface area contributed by atoms with Crippen molar-refractivity contribution in [1.29, 1.82) is 0 Å². The quantitative estimate of drug-likeness (QED) is 0.178. The molecule has 0 aliphatic carbocycles.